The molecule has 1 unspecified atom stereocenters. The van der Waals surface area contributed by atoms with Crippen LogP contribution in [0.25, 0.3) is 10.9 Å². The molecule has 4 nitrogen and oxygen atoms in total. The van der Waals surface area contributed by atoms with Crippen molar-refractivity contribution >= 4 is 16.7 Å². The second-order valence-corrected chi connectivity index (χ2v) is 4.57. The summed E-state index contributed by atoms with van der Waals surface area (Å²) in [5.41, 5.74) is 2.29. The standard InChI is InChI=1S/C15H12N4/c1-5-16-10-14-11(1)4-8-19(14)15-9-12-2-6-17-13(12)3-7-18-15/h1-10,13,17H. The Bertz CT molecular complexity index is 761. The summed E-state index contributed by atoms with van der Waals surface area (Å²) in [4.78, 5) is 8.71. The molecule has 0 amide bonds. The maximum Gasteiger partial charge on any atom is 0.137 e. The first-order valence-corrected chi connectivity index (χ1v) is 6.22. The van der Waals surface area contributed by atoms with Gasteiger partial charge in [0.2, 0.25) is 0 Å². The minimum atomic E-state index is 0.237. The number of hydrogen-bond donors (Lipinski definition) is 1. The molecule has 0 spiro atoms. The molecular formula is C15H12N4. The van der Waals surface area contributed by atoms with Gasteiger partial charge in [0.25, 0.3) is 0 Å². The van der Waals surface area contributed by atoms with Gasteiger partial charge in [0, 0.05) is 24.0 Å². The molecule has 0 fully saturated rings. The third-order valence-electron chi connectivity index (χ3n) is 3.43. The minimum absolute atomic E-state index is 0.237. The number of aromatic nitrogens is 2. The van der Waals surface area contributed by atoms with Gasteiger partial charge in [0.15, 0.2) is 0 Å². The quantitative estimate of drug-likeness (QED) is 0.776. The average molecular weight is 248 g/mol. The lowest BCUT2D eigenvalue weighted by molar-refractivity contribution is 0.850. The van der Waals surface area contributed by atoms with Gasteiger partial charge in [0.1, 0.15) is 5.84 Å². The number of aliphatic imine (C=N–C) groups is 1. The van der Waals surface area contributed by atoms with Crippen LogP contribution in [-0.2, 0) is 0 Å². The van der Waals surface area contributed by atoms with E-state index in [1.165, 1.54) is 11.0 Å². The predicted octanol–water partition coefficient (Wildman–Crippen LogP) is 2.22. The van der Waals surface area contributed by atoms with Crippen molar-refractivity contribution in [2.45, 2.75) is 6.04 Å². The van der Waals surface area contributed by atoms with Crippen molar-refractivity contribution in [2.24, 2.45) is 4.99 Å². The molecular weight excluding hydrogens is 236 g/mol. The molecule has 2 aliphatic rings. The number of rotatable bonds is 0. The van der Waals surface area contributed by atoms with Crippen molar-refractivity contribution in [1.82, 2.24) is 14.9 Å². The Morgan fingerprint density at radius 1 is 1.26 bits per heavy atom. The Morgan fingerprint density at radius 2 is 2.26 bits per heavy atom. The van der Waals surface area contributed by atoms with E-state index in [-0.39, 0.29) is 6.04 Å². The minimum Gasteiger partial charge on any atom is -0.381 e. The summed E-state index contributed by atoms with van der Waals surface area (Å²) in [6.45, 7) is 0. The summed E-state index contributed by atoms with van der Waals surface area (Å²) in [7, 11) is 0. The van der Waals surface area contributed by atoms with Gasteiger partial charge in [-0.15, -0.1) is 0 Å². The highest BCUT2D eigenvalue weighted by Crippen LogP contribution is 2.19. The number of fused-ring (bicyclic) bond motifs is 2. The van der Waals surface area contributed by atoms with Crippen molar-refractivity contribution in [3.8, 4) is 0 Å². The lowest BCUT2D eigenvalue weighted by Gasteiger charge is -2.07. The second-order valence-electron chi connectivity index (χ2n) is 4.57. The zero-order valence-electron chi connectivity index (χ0n) is 10.2. The molecule has 2 aliphatic heterocycles. The predicted molar refractivity (Wildman–Crippen MR) is 75.9 cm³/mol. The highest BCUT2D eigenvalue weighted by Gasteiger charge is 2.16. The van der Waals surface area contributed by atoms with Crippen molar-refractivity contribution in [2.75, 3.05) is 0 Å². The van der Waals surface area contributed by atoms with Crippen molar-refractivity contribution in [3.05, 3.63) is 66.9 Å². The van der Waals surface area contributed by atoms with Crippen molar-refractivity contribution in [1.29, 1.82) is 0 Å². The normalized spacial score (nSPS) is 20.7. The summed E-state index contributed by atoms with van der Waals surface area (Å²) in [6.07, 6.45) is 15.8. The van der Waals surface area contributed by atoms with Crippen LogP contribution in [0.5, 0.6) is 0 Å². The van der Waals surface area contributed by atoms with E-state index in [1.54, 1.807) is 6.20 Å². The van der Waals surface area contributed by atoms with E-state index in [4.69, 9.17) is 0 Å². The van der Waals surface area contributed by atoms with E-state index >= 15 is 0 Å². The molecule has 0 saturated heterocycles. The number of hydrogen-bond acceptors (Lipinski definition) is 3. The SMILES string of the molecule is C1=CC2NC=CC2=CC(n2ccc3ccncc32)=N1. The molecule has 1 N–H and O–H groups in total. The highest BCUT2D eigenvalue weighted by molar-refractivity contribution is 6.02. The Kier molecular flexibility index (Phi) is 2.14. The third kappa shape index (κ3) is 1.61. The largest absolute Gasteiger partial charge is 0.381 e. The molecule has 0 aromatic carbocycles. The second kappa shape index (κ2) is 3.95. The van der Waals surface area contributed by atoms with Crippen LogP contribution in [0.15, 0.2) is 71.9 Å². The van der Waals surface area contributed by atoms with Crippen LogP contribution in [0.4, 0.5) is 0 Å². The van der Waals surface area contributed by atoms with Crippen LogP contribution in [0.1, 0.15) is 0 Å². The molecule has 0 radical (unpaired) electrons. The van der Waals surface area contributed by atoms with Crippen molar-refractivity contribution < 1.29 is 0 Å². The van der Waals surface area contributed by atoms with Crippen LogP contribution in [0, 0.1) is 0 Å². The molecule has 0 bridgehead atoms. The maximum atomic E-state index is 4.52. The molecule has 92 valence electrons. The third-order valence-corrected chi connectivity index (χ3v) is 3.43. The first kappa shape index (κ1) is 10.3. The van der Waals surface area contributed by atoms with Gasteiger partial charge in [-0.2, -0.15) is 0 Å². The van der Waals surface area contributed by atoms with Crippen LogP contribution in [-0.4, -0.2) is 21.4 Å². The van der Waals surface area contributed by atoms with E-state index < -0.39 is 0 Å². The smallest absolute Gasteiger partial charge is 0.137 e. The Labute approximate surface area is 110 Å². The molecule has 4 rings (SSSR count). The lowest BCUT2D eigenvalue weighted by atomic mass is 10.1. The summed E-state index contributed by atoms with van der Waals surface area (Å²) in [5.74, 6) is 0.908. The monoisotopic (exact) mass is 248 g/mol. The van der Waals surface area contributed by atoms with Crippen molar-refractivity contribution in [3.63, 3.8) is 0 Å². The molecule has 2 aromatic heterocycles. The van der Waals surface area contributed by atoms with E-state index in [0.717, 1.165) is 11.4 Å². The number of pyridine rings is 1. The molecule has 19 heavy (non-hydrogen) atoms. The van der Waals surface area contributed by atoms with Crippen LogP contribution >= 0.6 is 0 Å². The van der Waals surface area contributed by atoms with Gasteiger partial charge in [-0.05, 0) is 42.1 Å². The Morgan fingerprint density at radius 3 is 3.26 bits per heavy atom. The molecule has 1 atom stereocenters. The fourth-order valence-corrected chi connectivity index (χ4v) is 2.45. The molecule has 4 heteroatoms. The van der Waals surface area contributed by atoms with Gasteiger partial charge >= 0.3 is 0 Å². The van der Waals surface area contributed by atoms with Crippen LogP contribution < -0.4 is 5.32 Å². The molecule has 0 aliphatic carbocycles. The van der Waals surface area contributed by atoms with Gasteiger partial charge < -0.3 is 5.32 Å². The van der Waals surface area contributed by atoms with E-state index in [9.17, 15) is 0 Å². The molecule has 2 aromatic rings. The lowest BCUT2D eigenvalue weighted by Crippen LogP contribution is -2.18. The summed E-state index contributed by atoms with van der Waals surface area (Å²) in [5, 5.41) is 4.44. The number of allylic oxidation sites excluding steroid dienone is 1. The van der Waals surface area contributed by atoms with Gasteiger partial charge in [-0.3, -0.25) is 9.55 Å². The Balaban J connectivity index is 1.88. The summed E-state index contributed by atoms with van der Waals surface area (Å²) >= 11 is 0. The fraction of sp³-hybridized carbons (Fsp3) is 0.0667. The van der Waals surface area contributed by atoms with E-state index in [0.29, 0.717) is 0 Å². The van der Waals surface area contributed by atoms with E-state index in [2.05, 4.69) is 44.2 Å². The summed E-state index contributed by atoms with van der Waals surface area (Å²) < 4.78 is 2.06. The molecule has 4 heterocycles. The molecule has 0 saturated carbocycles. The number of nitrogens with zero attached hydrogens (tertiary/aromatic N) is 3. The Hall–Kier alpha value is -2.62. The summed E-state index contributed by atoms with van der Waals surface area (Å²) in [6, 6.07) is 4.32. The maximum absolute atomic E-state index is 4.52. The van der Waals surface area contributed by atoms with Gasteiger partial charge in [-0.25, -0.2) is 4.99 Å². The van der Waals surface area contributed by atoms with E-state index in [1.807, 2.05) is 30.9 Å². The van der Waals surface area contributed by atoms with Crippen LogP contribution in [0.3, 0.4) is 0 Å². The zero-order valence-corrected chi connectivity index (χ0v) is 10.2. The van der Waals surface area contributed by atoms with Gasteiger partial charge in [0.05, 0.1) is 17.8 Å². The average Bonchev–Trinajstić information content (AvgIpc) is 3.01. The zero-order chi connectivity index (χ0) is 12.7. The first-order valence-electron chi connectivity index (χ1n) is 6.22. The fourth-order valence-electron chi connectivity index (χ4n) is 2.45. The van der Waals surface area contributed by atoms with Crippen LogP contribution in [0.2, 0.25) is 0 Å². The number of nitrogens with one attached hydrogen (secondary N) is 1. The highest BCUT2D eigenvalue weighted by atomic mass is 15.1. The first-order chi connectivity index (χ1) is 9.42. The topological polar surface area (TPSA) is 42.2 Å². The van der Waals surface area contributed by atoms with Gasteiger partial charge in [-0.1, -0.05) is 0 Å².